The monoisotopic (exact) mass is 562 g/mol. The fourth-order valence-electron chi connectivity index (χ4n) is 5.85. The zero-order valence-corrected chi connectivity index (χ0v) is 22.7. The normalized spacial score (nSPS) is 19.2. The van der Waals surface area contributed by atoms with E-state index in [1.165, 1.54) is 6.42 Å². The predicted molar refractivity (Wildman–Crippen MR) is 151 cm³/mol. The number of amides is 1. The van der Waals surface area contributed by atoms with Crippen molar-refractivity contribution >= 4 is 5.91 Å². The van der Waals surface area contributed by atoms with Crippen molar-refractivity contribution in [3.63, 3.8) is 0 Å². The molecule has 2 unspecified atom stereocenters. The summed E-state index contributed by atoms with van der Waals surface area (Å²) in [6.07, 6.45) is 2.00. The molecule has 4 heterocycles. The molecule has 2 aliphatic heterocycles. The van der Waals surface area contributed by atoms with Gasteiger partial charge in [-0.05, 0) is 60.9 Å². The lowest BCUT2D eigenvalue weighted by molar-refractivity contribution is -0.140. The van der Waals surface area contributed by atoms with Crippen molar-refractivity contribution < 1.29 is 18.0 Å². The standard InChI is InChI=1S/C31H33F3N6O/c32-31(33,34)15-1-6-28(41)40-17-3-5-27(40)30-37-19-26(39-30)23-13-9-21(10-14-23)20-7-11-22(12-8-20)25-18-36-29(38-25)24-4-2-16-35-24/h7-14,18-19,24,27,35H,1-6,15-17H2,(H,36,38)(H,37,39). The highest BCUT2D eigenvalue weighted by Crippen LogP contribution is 2.34. The maximum absolute atomic E-state index is 12.6. The van der Waals surface area contributed by atoms with E-state index >= 15 is 0 Å². The number of benzene rings is 2. The number of nitrogens with zero attached hydrogens (tertiary/aromatic N) is 3. The van der Waals surface area contributed by atoms with Crippen LogP contribution in [-0.4, -0.2) is 50.0 Å². The van der Waals surface area contributed by atoms with Crippen LogP contribution in [0.25, 0.3) is 33.6 Å². The highest BCUT2D eigenvalue weighted by Gasteiger charge is 2.33. The van der Waals surface area contributed by atoms with Crippen molar-refractivity contribution in [1.82, 2.24) is 30.2 Å². The van der Waals surface area contributed by atoms with E-state index in [1.54, 1.807) is 11.1 Å². The Labute approximate surface area is 236 Å². The number of hydrogen-bond donors (Lipinski definition) is 3. The predicted octanol–water partition coefficient (Wildman–Crippen LogP) is 6.95. The van der Waals surface area contributed by atoms with Crippen LogP contribution < -0.4 is 5.32 Å². The average molecular weight is 563 g/mol. The molecule has 3 N–H and O–H groups in total. The van der Waals surface area contributed by atoms with Gasteiger partial charge >= 0.3 is 6.18 Å². The Balaban J connectivity index is 1.09. The molecule has 7 nitrogen and oxygen atoms in total. The third-order valence-corrected chi connectivity index (χ3v) is 8.05. The summed E-state index contributed by atoms with van der Waals surface area (Å²) in [5.74, 6) is 1.42. The minimum atomic E-state index is -4.24. The van der Waals surface area contributed by atoms with Gasteiger partial charge in [-0.3, -0.25) is 4.79 Å². The first-order valence-electron chi connectivity index (χ1n) is 14.2. The molecule has 0 radical (unpaired) electrons. The first kappa shape index (κ1) is 27.3. The number of aromatic nitrogens is 4. The molecular formula is C31H33F3N6O. The van der Waals surface area contributed by atoms with Gasteiger partial charge in [0.2, 0.25) is 5.91 Å². The molecule has 2 aliphatic rings. The van der Waals surface area contributed by atoms with Crippen LogP contribution in [0.1, 0.15) is 68.7 Å². The van der Waals surface area contributed by atoms with Gasteiger partial charge in [-0.25, -0.2) is 9.97 Å². The zero-order chi connectivity index (χ0) is 28.4. The number of carbonyl (C=O) groups is 1. The number of H-pyrrole nitrogens is 2. The Morgan fingerprint density at radius 1 is 0.829 bits per heavy atom. The number of aromatic amines is 2. The van der Waals surface area contributed by atoms with Crippen molar-refractivity contribution in [1.29, 1.82) is 0 Å². The van der Waals surface area contributed by atoms with Gasteiger partial charge in [-0.1, -0.05) is 48.5 Å². The Morgan fingerprint density at radius 3 is 2.00 bits per heavy atom. The molecule has 41 heavy (non-hydrogen) atoms. The Hall–Kier alpha value is -3.92. The second-order valence-electron chi connectivity index (χ2n) is 10.9. The van der Waals surface area contributed by atoms with Gasteiger partial charge in [-0.15, -0.1) is 0 Å². The summed E-state index contributed by atoms with van der Waals surface area (Å²) in [6, 6.07) is 16.7. The van der Waals surface area contributed by atoms with Gasteiger partial charge in [0.15, 0.2) is 0 Å². The van der Waals surface area contributed by atoms with Gasteiger partial charge in [-0.2, -0.15) is 13.2 Å². The molecule has 0 saturated carbocycles. The van der Waals surface area contributed by atoms with Crippen molar-refractivity contribution in [2.75, 3.05) is 13.1 Å². The summed E-state index contributed by atoms with van der Waals surface area (Å²) in [5, 5.41) is 3.47. The Morgan fingerprint density at radius 2 is 1.41 bits per heavy atom. The van der Waals surface area contributed by atoms with Crippen molar-refractivity contribution in [3.05, 3.63) is 72.6 Å². The van der Waals surface area contributed by atoms with Crippen LogP contribution in [0.4, 0.5) is 13.2 Å². The number of likely N-dealkylation sites (tertiary alicyclic amines) is 1. The lowest BCUT2D eigenvalue weighted by Gasteiger charge is -2.23. The van der Waals surface area contributed by atoms with Gasteiger partial charge < -0.3 is 20.2 Å². The lowest BCUT2D eigenvalue weighted by Crippen LogP contribution is -2.31. The van der Waals surface area contributed by atoms with Gasteiger partial charge in [0.25, 0.3) is 0 Å². The first-order chi connectivity index (χ1) is 19.8. The second-order valence-corrected chi connectivity index (χ2v) is 10.9. The lowest BCUT2D eigenvalue weighted by atomic mass is 10.0. The summed E-state index contributed by atoms with van der Waals surface area (Å²) in [6.45, 7) is 1.57. The average Bonchev–Trinajstić information content (AvgIpc) is 3.79. The Bertz CT molecular complexity index is 1470. The van der Waals surface area contributed by atoms with E-state index < -0.39 is 12.6 Å². The maximum atomic E-state index is 12.6. The summed E-state index contributed by atoms with van der Waals surface area (Å²) in [5.41, 5.74) is 6.10. The number of carbonyl (C=O) groups excluding carboxylic acids is 1. The summed E-state index contributed by atoms with van der Waals surface area (Å²) >= 11 is 0. The number of alkyl halides is 3. The van der Waals surface area contributed by atoms with Gasteiger partial charge in [0.1, 0.15) is 11.6 Å². The van der Waals surface area contributed by atoms with E-state index in [1.807, 2.05) is 18.3 Å². The maximum Gasteiger partial charge on any atom is 0.389 e. The van der Waals surface area contributed by atoms with Gasteiger partial charge in [0.05, 0.1) is 35.9 Å². The van der Waals surface area contributed by atoms with E-state index in [0.717, 1.165) is 65.3 Å². The molecule has 10 heteroatoms. The summed E-state index contributed by atoms with van der Waals surface area (Å²) < 4.78 is 37.5. The molecule has 2 atom stereocenters. The first-order valence-corrected chi connectivity index (χ1v) is 14.2. The molecule has 4 aromatic rings. The molecule has 2 aromatic carbocycles. The molecule has 0 aliphatic carbocycles. The molecular weight excluding hydrogens is 529 g/mol. The fourth-order valence-corrected chi connectivity index (χ4v) is 5.85. The molecule has 0 bridgehead atoms. The highest BCUT2D eigenvalue weighted by molar-refractivity contribution is 5.77. The number of imidazole rings is 2. The molecule has 6 rings (SSSR count). The van der Waals surface area contributed by atoms with E-state index in [2.05, 4.69) is 61.7 Å². The van der Waals surface area contributed by atoms with Crippen LogP contribution >= 0.6 is 0 Å². The van der Waals surface area contributed by atoms with E-state index in [-0.39, 0.29) is 24.8 Å². The van der Waals surface area contributed by atoms with Gasteiger partial charge in [0, 0.05) is 19.4 Å². The van der Waals surface area contributed by atoms with Crippen LogP contribution in [-0.2, 0) is 4.79 Å². The van der Waals surface area contributed by atoms with Crippen LogP contribution in [0, 0.1) is 0 Å². The van der Waals surface area contributed by atoms with Crippen LogP contribution in [0.2, 0.25) is 0 Å². The molecule has 0 spiro atoms. The van der Waals surface area contributed by atoms with E-state index in [9.17, 15) is 18.0 Å². The second kappa shape index (κ2) is 11.5. The fraction of sp³-hybridized carbons (Fsp3) is 0.387. The number of nitrogens with one attached hydrogen (secondary N) is 3. The smallest absolute Gasteiger partial charge is 0.341 e. The van der Waals surface area contributed by atoms with E-state index in [0.29, 0.717) is 18.4 Å². The number of hydrogen-bond acceptors (Lipinski definition) is 4. The molecule has 2 saturated heterocycles. The molecule has 1 amide bonds. The summed E-state index contributed by atoms with van der Waals surface area (Å²) in [7, 11) is 0. The van der Waals surface area contributed by atoms with Crippen molar-refractivity contribution in [2.45, 2.75) is 63.2 Å². The number of halogens is 3. The largest absolute Gasteiger partial charge is 0.389 e. The molecule has 2 fully saturated rings. The van der Waals surface area contributed by atoms with Crippen molar-refractivity contribution in [2.24, 2.45) is 0 Å². The topological polar surface area (TPSA) is 89.7 Å². The molecule has 2 aromatic heterocycles. The minimum absolute atomic E-state index is 0.104. The van der Waals surface area contributed by atoms with E-state index in [4.69, 9.17) is 0 Å². The molecule has 214 valence electrons. The quantitative estimate of drug-likeness (QED) is 0.217. The van der Waals surface area contributed by atoms with Crippen molar-refractivity contribution in [3.8, 4) is 33.6 Å². The zero-order valence-electron chi connectivity index (χ0n) is 22.7. The summed E-state index contributed by atoms with van der Waals surface area (Å²) in [4.78, 5) is 30.2. The number of rotatable bonds is 8. The van der Waals surface area contributed by atoms with Crippen LogP contribution in [0.3, 0.4) is 0 Å². The SMILES string of the molecule is O=C(CCCC(F)(F)F)N1CCCC1c1ncc(-c2ccc(-c3ccc(-c4cnc(C5CCCN5)[nH]4)cc3)cc2)[nH]1. The highest BCUT2D eigenvalue weighted by atomic mass is 19.4. The third-order valence-electron chi connectivity index (χ3n) is 8.05. The third kappa shape index (κ3) is 6.22. The Kier molecular flexibility index (Phi) is 7.66. The van der Waals surface area contributed by atoms with Crippen LogP contribution in [0.5, 0.6) is 0 Å². The van der Waals surface area contributed by atoms with Crippen LogP contribution in [0.15, 0.2) is 60.9 Å². The minimum Gasteiger partial charge on any atom is -0.341 e.